The normalized spacial score (nSPS) is 10.6. The maximum Gasteiger partial charge on any atom is 0.246 e. The lowest BCUT2D eigenvalue weighted by Crippen LogP contribution is -2.24. The molecule has 0 heterocycles. The second-order valence-electron chi connectivity index (χ2n) is 5.66. The van der Waals surface area contributed by atoms with Crippen molar-refractivity contribution in [2.75, 3.05) is 20.8 Å². The molecular formula is C21H22BrNO3. The van der Waals surface area contributed by atoms with Crippen molar-refractivity contribution in [2.24, 2.45) is 0 Å². The van der Waals surface area contributed by atoms with Crippen molar-refractivity contribution in [3.05, 3.63) is 76.8 Å². The van der Waals surface area contributed by atoms with Crippen LogP contribution in [-0.2, 0) is 11.3 Å². The van der Waals surface area contributed by atoms with Gasteiger partial charge in [-0.05, 0) is 41.5 Å². The van der Waals surface area contributed by atoms with E-state index in [0.717, 1.165) is 15.6 Å². The molecule has 2 rings (SSSR count). The van der Waals surface area contributed by atoms with Crippen molar-refractivity contribution < 1.29 is 14.3 Å². The maximum atomic E-state index is 12.3. The number of likely N-dealkylation sites (N-methyl/N-ethyl adjacent to an activating group) is 1. The van der Waals surface area contributed by atoms with Gasteiger partial charge in [0.2, 0.25) is 5.91 Å². The molecule has 0 aliphatic heterocycles. The summed E-state index contributed by atoms with van der Waals surface area (Å²) in [6.07, 6.45) is 4.99. The molecule has 136 valence electrons. The molecule has 0 bridgehead atoms. The SMILES string of the molecule is C=CCOc1ccc(/C=C/C(=O)N(C)Cc2ccc(Br)cc2)cc1OC. The molecule has 26 heavy (non-hydrogen) atoms. The number of nitrogens with zero attached hydrogens (tertiary/aromatic N) is 1. The molecule has 0 aliphatic carbocycles. The van der Waals surface area contributed by atoms with Crippen LogP contribution < -0.4 is 9.47 Å². The van der Waals surface area contributed by atoms with Crippen LogP contribution in [0.3, 0.4) is 0 Å². The highest BCUT2D eigenvalue weighted by Gasteiger charge is 2.07. The Bertz CT molecular complexity index is 784. The number of ether oxygens (including phenoxy) is 2. The van der Waals surface area contributed by atoms with Gasteiger partial charge in [0.25, 0.3) is 0 Å². The van der Waals surface area contributed by atoms with E-state index in [4.69, 9.17) is 9.47 Å². The number of carbonyl (C=O) groups excluding carboxylic acids is 1. The van der Waals surface area contributed by atoms with Crippen molar-refractivity contribution in [2.45, 2.75) is 6.54 Å². The van der Waals surface area contributed by atoms with Crippen molar-refractivity contribution >= 4 is 27.9 Å². The zero-order valence-electron chi connectivity index (χ0n) is 14.9. The minimum absolute atomic E-state index is 0.0705. The summed E-state index contributed by atoms with van der Waals surface area (Å²) in [6, 6.07) is 13.4. The van der Waals surface area contributed by atoms with Gasteiger partial charge in [0.15, 0.2) is 11.5 Å². The highest BCUT2D eigenvalue weighted by atomic mass is 79.9. The van der Waals surface area contributed by atoms with Crippen LogP contribution in [0.5, 0.6) is 11.5 Å². The van der Waals surface area contributed by atoms with Gasteiger partial charge >= 0.3 is 0 Å². The van der Waals surface area contributed by atoms with Crippen LogP contribution in [0.2, 0.25) is 0 Å². The Morgan fingerprint density at radius 1 is 1.19 bits per heavy atom. The smallest absolute Gasteiger partial charge is 0.246 e. The third-order valence-electron chi connectivity index (χ3n) is 3.67. The van der Waals surface area contributed by atoms with Crippen molar-refractivity contribution in [1.82, 2.24) is 4.90 Å². The van der Waals surface area contributed by atoms with Gasteiger partial charge in [0, 0.05) is 24.1 Å². The van der Waals surface area contributed by atoms with Gasteiger partial charge in [0.1, 0.15) is 6.61 Å². The number of methoxy groups -OCH3 is 1. The highest BCUT2D eigenvalue weighted by Crippen LogP contribution is 2.28. The molecule has 0 spiro atoms. The summed E-state index contributed by atoms with van der Waals surface area (Å²) in [5.74, 6) is 1.19. The summed E-state index contributed by atoms with van der Waals surface area (Å²) < 4.78 is 11.9. The molecule has 0 saturated heterocycles. The first-order valence-corrected chi connectivity index (χ1v) is 8.92. The molecule has 0 aliphatic rings. The van der Waals surface area contributed by atoms with E-state index >= 15 is 0 Å². The van der Waals surface area contributed by atoms with E-state index in [1.54, 1.807) is 37.3 Å². The number of carbonyl (C=O) groups is 1. The van der Waals surface area contributed by atoms with Gasteiger partial charge in [-0.25, -0.2) is 0 Å². The summed E-state index contributed by atoms with van der Waals surface area (Å²) in [4.78, 5) is 14.0. The van der Waals surface area contributed by atoms with Gasteiger partial charge in [-0.15, -0.1) is 0 Å². The van der Waals surface area contributed by atoms with Crippen LogP contribution in [-0.4, -0.2) is 31.6 Å². The van der Waals surface area contributed by atoms with Gasteiger partial charge in [-0.2, -0.15) is 0 Å². The van der Waals surface area contributed by atoms with E-state index in [0.29, 0.717) is 24.7 Å². The summed E-state index contributed by atoms with van der Waals surface area (Å²) in [6.45, 7) is 4.58. The largest absolute Gasteiger partial charge is 0.493 e. The van der Waals surface area contributed by atoms with E-state index < -0.39 is 0 Å². The van der Waals surface area contributed by atoms with Crippen LogP contribution >= 0.6 is 15.9 Å². The first-order chi connectivity index (χ1) is 12.5. The standard InChI is InChI=1S/C21H22BrNO3/c1-4-13-26-19-11-7-16(14-20(19)25-3)8-12-21(24)23(2)15-17-5-9-18(22)10-6-17/h4-12,14H,1,13,15H2,2-3H3/b12-8+. The Kier molecular flexibility index (Phi) is 7.48. The van der Waals surface area contributed by atoms with Gasteiger partial charge in [0.05, 0.1) is 7.11 Å². The fourth-order valence-corrected chi connectivity index (χ4v) is 2.56. The van der Waals surface area contributed by atoms with Gasteiger partial charge in [-0.1, -0.05) is 46.8 Å². The highest BCUT2D eigenvalue weighted by molar-refractivity contribution is 9.10. The summed E-state index contributed by atoms with van der Waals surface area (Å²) in [7, 11) is 3.36. The van der Waals surface area contributed by atoms with E-state index in [1.807, 2.05) is 42.5 Å². The number of amides is 1. The van der Waals surface area contributed by atoms with E-state index in [2.05, 4.69) is 22.5 Å². The third kappa shape index (κ3) is 5.77. The molecule has 0 N–H and O–H groups in total. The van der Waals surface area contributed by atoms with Crippen molar-refractivity contribution in [3.63, 3.8) is 0 Å². The van der Waals surface area contributed by atoms with E-state index in [1.165, 1.54) is 0 Å². The summed E-state index contributed by atoms with van der Waals surface area (Å²) >= 11 is 3.41. The second-order valence-corrected chi connectivity index (χ2v) is 6.58. The topological polar surface area (TPSA) is 38.8 Å². The Morgan fingerprint density at radius 3 is 2.58 bits per heavy atom. The average Bonchev–Trinajstić information content (AvgIpc) is 2.66. The predicted octanol–water partition coefficient (Wildman–Crippen LogP) is 4.69. The van der Waals surface area contributed by atoms with Crippen LogP contribution in [0.15, 0.2) is 65.7 Å². The Labute approximate surface area is 162 Å². The molecule has 5 heteroatoms. The lowest BCUT2D eigenvalue weighted by atomic mass is 10.1. The quantitative estimate of drug-likeness (QED) is 0.463. The lowest BCUT2D eigenvalue weighted by Gasteiger charge is -2.15. The minimum Gasteiger partial charge on any atom is -0.493 e. The number of hydrogen-bond donors (Lipinski definition) is 0. The second kappa shape index (κ2) is 9.82. The van der Waals surface area contributed by atoms with Crippen LogP contribution in [0, 0.1) is 0 Å². The Hall–Kier alpha value is -2.53. The van der Waals surface area contributed by atoms with Crippen LogP contribution in [0.1, 0.15) is 11.1 Å². The first kappa shape index (κ1) is 19.8. The van der Waals surface area contributed by atoms with Gasteiger partial charge in [-0.3, -0.25) is 4.79 Å². The minimum atomic E-state index is -0.0705. The fourth-order valence-electron chi connectivity index (χ4n) is 2.29. The van der Waals surface area contributed by atoms with Crippen LogP contribution in [0.25, 0.3) is 6.08 Å². The molecule has 0 unspecified atom stereocenters. The Morgan fingerprint density at radius 2 is 1.92 bits per heavy atom. The zero-order chi connectivity index (χ0) is 18.9. The molecule has 2 aromatic carbocycles. The molecule has 0 atom stereocenters. The molecule has 2 aromatic rings. The third-order valence-corrected chi connectivity index (χ3v) is 4.20. The average molecular weight is 416 g/mol. The molecule has 0 radical (unpaired) electrons. The molecule has 0 aromatic heterocycles. The lowest BCUT2D eigenvalue weighted by molar-refractivity contribution is -0.125. The fraction of sp³-hybridized carbons (Fsp3) is 0.190. The predicted molar refractivity (Wildman–Crippen MR) is 108 cm³/mol. The van der Waals surface area contributed by atoms with Crippen LogP contribution in [0.4, 0.5) is 0 Å². The first-order valence-electron chi connectivity index (χ1n) is 8.13. The molecule has 4 nitrogen and oxygen atoms in total. The number of halogens is 1. The summed E-state index contributed by atoms with van der Waals surface area (Å²) in [5, 5.41) is 0. The van der Waals surface area contributed by atoms with E-state index in [9.17, 15) is 4.79 Å². The van der Waals surface area contributed by atoms with Crippen molar-refractivity contribution in [1.29, 1.82) is 0 Å². The van der Waals surface area contributed by atoms with Gasteiger partial charge < -0.3 is 14.4 Å². The Balaban J connectivity index is 2.02. The number of rotatable bonds is 8. The number of hydrogen-bond acceptors (Lipinski definition) is 3. The monoisotopic (exact) mass is 415 g/mol. The molecule has 0 saturated carbocycles. The molecule has 0 fully saturated rings. The molecular weight excluding hydrogens is 394 g/mol. The van der Waals surface area contributed by atoms with Crippen molar-refractivity contribution in [3.8, 4) is 11.5 Å². The number of benzene rings is 2. The zero-order valence-corrected chi connectivity index (χ0v) is 16.5. The maximum absolute atomic E-state index is 12.3. The molecule has 1 amide bonds. The summed E-state index contributed by atoms with van der Waals surface area (Å²) in [5.41, 5.74) is 1.93. The van der Waals surface area contributed by atoms with E-state index in [-0.39, 0.29) is 5.91 Å².